The predicted octanol–water partition coefficient (Wildman–Crippen LogP) is 2.99. The molecule has 1 aromatic heterocycles. The third-order valence-corrected chi connectivity index (χ3v) is 5.63. The van der Waals surface area contributed by atoms with Crippen LogP contribution in [0.4, 0.5) is 0 Å². The third-order valence-electron chi connectivity index (χ3n) is 5.63. The number of nitrogens with one attached hydrogen (secondary N) is 1. The van der Waals surface area contributed by atoms with Crippen LogP contribution < -0.4 is 11.1 Å². The summed E-state index contributed by atoms with van der Waals surface area (Å²) >= 11 is 0. The van der Waals surface area contributed by atoms with E-state index in [1.807, 2.05) is 48.5 Å². The highest BCUT2D eigenvalue weighted by atomic mass is 16.2. The lowest BCUT2D eigenvalue weighted by molar-refractivity contribution is -0.138. The second kappa shape index (κ2) is 11.5. The molecule has 1 aliphatic rings. The molecule has 0 radical (unpaired) electrons. The maximum Gasteiger partial charge on any atom is 0.243 e. The first-order valence-electron chi connectivity index (χ1n) is 10.9. The van der Waals surface area contributed by atoms with Crippen molar-refractivity contribution in [1.82, 2.24) is 15.2 Å². The quantitative estimate of drug-likeness (QED) is 0.592. The smallest absolute Gasteiger partial charge is 0.243 e. The molecule has 160 valence electrons. The number of nitrogens with zero attached hydrogens (tertiary/aromatic N) is 2. The van der Waals surface area contributed by atoms with E-state index < -0.39 is 0 Å². The van der Waals surface area contributed by atoms with Gasteiger partial charge in [0.05, 0.1) is 6.04 Å². The predicted molar refractivity (Wildman–Crippen MR) is 118 cm³/mol. The number of amides is 2. The second-order valence-electron chi connectivity index (χ2n) is 7.84. The van der Waals surface area contributed by atoms with Gasteiger partial charge >= 0.3 is 0 Å². The molecule has 1 aromatic carbocycles. The van der Waals surface area contributed by atoms with Gasteiger partial charge in [-0.15, -0.1) is 0 Å². The Morgan fingerprint density at radius 2 is 1.90 bits per heavy atom. The van der Waals surface area contributed by atoms with Gasteiger partial charge in [0.25, 0.3) is 0 Å². The first kappa shape index (κ1) is 22.0. The summed E-state index contributed by atoms with van der Waals surface area (Å²) in [7, 11) is 0. The molecule has 1 saturated heterocycles. The molecule has 1 aliphatic heterocycles. The normalized spacial score (nSPS) is 17.0. The van der Waals surface area contributed by atoms with Crippen molar-refractivity contribution in [3.63, 3.8) is 0 Å². The molecule has 0 spiro atoms. The second-order valence-corrected chi connectivity index (χ2v) is 7.84. The fourth-order valence-electron chi connectivity index (χ4n) is 4.01. The highest BCUT2D eigenvalue weighted by Gasteiger charge is 2.34. The van der Waals surface area contributed by atoms with Crippen LogP contribution in [0.25, 0.3) is 0 Å². The van der Waals surface area contributed by atoms with Gasteiger partial charge in [-0.25, -0.2) is 0 Å². The molecule has 0 bridgehead atoms. The minimum Gasteiger partial charge on any atom is -0.347 e. The van der Waals surface area contributed by atoms with E-state index in [1.165, 1.54) is 0 Å². The van der Waals surface area contributed by atoms with Crippen molar-refractivity contribution >= 4 is 11.8 Å². The lowest BCUT2D eigenvalue weighted by atomic mass is 10.0. The van der Waals surface area contributed by atoms with E-state index in [1.54, 1.807) is 11.1 Å². The zero-order valence-electron chi connectivity index (χ0n) is 17.5. The van der Waals surface area contributed by atoms with E-state index in [2.05, 4.69) is 10.3 Å². The van der Waals surface area contributed by atoms with Crippen LogP contribution in [0, 0.1) is 0 Å². The van der Waals surface area contributed by atoms with E-state index in [0.29, 0.717) is 32.4 Å². The van der Waals surface area contributed by atoms with E-state index in [0.717, 1.165) is 36.9 Å². The molecular weight excluding hydrogens is 376 g/mol. The molecule has 6 heteroatoms. The van der Waals surface area contributed by atoms with Crippen LogP contribution >= 0.6 is 0 Å². The number of rotatable bonds is 10. The molecule has 0 aliphatic carbocycles. The summed E-state index contributed by atoms with van der Waals surface area (Å²) in [6.07, 6.45) is 7.15. The maximum atomic E-state index is 13.2. The van der Waals surface area contributed by atoms with Gasteiger partial charge in [-0.2, -0.15) is 0 Å². The zero-order chi connectivity index (χ0) is 21.2. The van der Waals surface area contributed by atoms with Crippen molar-refractivity contribution in [3.05, 3.63) is 66.0 Å². The Balaban J connectivity index is 1.66. The molecule has 2 atom stereocenters. The Morgan fingerprint density at radius 1 is 1.10 bits per heavy atom. The van der Waals surface area contributed by atoms with Crippen LogP contribution in [0.3, 0.4) is 0 Å². The average molecular weight is 409 g/mol. The van der Waals surface area contributed by atoms with Gasteiger partial charge < -0.3 is 16.0 Å². The summed E-state index contributed by atoms with van der Waals surface area (Å²) in [5, 5.41) is 3.20. The topological polar surface area (TPSA) is 88.3 Å². The first-order valence-corrected chi connectivity index (χ1v) is 10.9. The van der Waals surface area contributed by atoms with Crippen molar-refractivity contribution in [2.24, 2.45) is 5.73 Å². The Morgan fingerprint density at radius 3 is 2.63 bits per heavy atom. The number of aromatic nitrogens is 1. The first-order chi connectivity index (χ1) is 14.7. The number of pyridine rings is 1. The van der Waals surface area contributed by atoms with Gasteiger partial charge in [0, 0.05) is 31.3 Å². The number of benzene rings is 1. The molecule has 2 aromatic rings. The monoisotopic (exact) mass is 408 g/mol. The standard InChI is InChI=1S/C24H32N4O2/c25-15-7-2-5-14-23(29)28-17-9-13-22(28)24(30)27-21(19-10-3-1-4-11-19)18-20-12-6-8-16-26-20/h1,3-4,6,8,10-12,16,21-22H,2,5,7,9,13-15,17-18,25H2,(H,27,30)/t21?,22-/m0/s1. The van der Waals surface area contributed by atoms with Gasteiger partial charge in [0.15, 0.2) is 0 Å². The summed E-state index contributed by atoms with van der Waals surface area (Å²) in [5.74, 6) is -0.00162. The molecule has 0 saturated carbocycles. The van der Waals surface area contributed by atoms with Crippen LogP contribution in [0.2, 0.25) is 0 Å². The minimum atomic E-state index is -0.387. The van der Waals surface area contributed by atoms with E-state index in [-0.39, 0.29) is 23.9 Å². The number of carbonyl (C=O) groups is 2. The van der Waals surface area contributed by atoms with Crippen LogP contribution in [0.5, 0.6) is 0 Å². The van der Waals surface area contributed by atoms with Gasteiger partial charge in [-0.1, -0.05) is 42.8 Å². The number of unbranched alkanes of at least 4 members (excludes halogenated alkanes) is 2. The molecule has 30 heavy (non-hydrogen) atoms. The maximum absolute atomic E-state index is 13.2. The fraction of sp³-hybridized carbons (Fsp3) is 0.458. The summed E-state index contributed by atoms with van der Waals surface area (Å²) in [4.78, 5) is 32.0. The van der Waals surface area contributed by atoms with Crippen LogP contribution in [-0.4, -0.2) is 40.8 Å². The molecule has 2 heterocycles. The Kier molecular flexibility index (Phi) is 8.39. The molecule has 3 rings (SSSR count). The van der Waals surface area contributed by atoms with Gasteiger partial charge in [0.2, 0.25) is 11.8 Å². The third kappa shape index (κ3) is 6.13. The highest BCUT2D eigenvalue weighted by Crippen LogP contribution is 2.22. The van der Waals surface area contributed by atoms with Crippen molar-refractivity contribution in [2.75, 3.05) is 13.1 Å². The Labute approximate surface area is 178 Å². The summed E-state index contributed by atoms with van der Waals surface area (Å²) in [6.45, 7) is 1.31. The fourth-order valence-corrected chi connectivity index (χ4v) is 4.01. The number of likely N-dealkylation sites (tertiary alicyclic amines) is 1. The minimum absolute atomic E-state index is 0.0747. The molecule has 1 unspecified atom stereocenters. The van der Waals surface area contributed by atoms with Gasteiger partial charge in [-0.05, 0) is 49.9 Å². The van der Waals surface area contributed by atoms with Crippen molar-refractivity contribution in [2.45, 2.75) is 57.0 Å². The SMILES string of the molecule is NCCCCCC(=O)N1CCC[C@H]1C(=O)NC(Cc1ccccn1)c1ccccc1. The number of hydrogen-bond donors (Lipinski definition) is 2. The summed E-state index contributed by atoms with van der Waals surface area (Å²) < 4.78 is 0. The number of hydrogen-bond acceptors (Lipinski definition) is 4. The van der Waals surface area contributed by atoms with Gasteiger partial charge in [0.1, 0.15) is 6.04 Å². The Hall–Kier alpha value is -2.73. The average Bonchev–Trinajstić information content (AvgIpc) is 3.28. The summed E-state index contributed by atoms with van der Waals surface area (Å²) in [5.41, 5.74) is 7.48. The number of nitrogens with two attached hydrogens (primary N) is 1. The van der Waals surface area contributed by atoms with Crippen molar-refractivity contribution < 1.29 is 9.59 Å². The van der Waals surface area contributed by atoms with Crippen LogP contribution in [0.15, 0.2) is 54.7 Å². The lowest BCUT2D eigenvalue weighted by Crippen LogP contribution is -2.47. The number of carbonyl (C=O) groups excluding carboxylic acids is 2. The molecule has 3 N–H and O–H groups in total. The zero-order valence-corrected chi connectivity index (χ0v) is 17.5. The van der Waals surface area contributed by atoms with Crippen LogP contribution in [-0.2, 0) is 16.0 Å². The van der Waals surface area contributed by atoms with Gasteiger partial charge in [-0.3, -0.25) is 14.6 Å². The molecule has 1 fully saturated rings. The summed E-state index contributed by atoms with van der Waals surface area (Å²) in [6, 6.07) is 15.2. The molecule has 6 nitrogen and oxygen atoms in total. The van der Waals surface area contributed by atoms with E-state index in [9.17, 15) is 9.59 Å². The highest BCUT2D eigenvalue weighted by molar-refractivity contribution is 5.88. The van der Waals surface area contributed by atoms with Crippen LogP contribution in [0.1, 0.15) is 55.8 Å². The van der Waals surface area contributed by atoms with E-state index >= 15 is 0 Å². The van der Waals surface area contributed by atoms with Crippen molar-refractivity contribution in [3.8, 4) is 0 Å². The Bertz CT molecular complexity index is 797. The molecule has 2 amide bonds. The lowest BCUT2D eigenvalue weighted by Gasteiger charge is -2.27. The van der Waals surface area contributed by atoms with Crippen molar-refractivity contribution in [1.29, 1.82) is 0 Å². The largest absolute Gasteiger partial charge is 0.347 e. The van der Waals surface area contributed by atoms with E-state index in [4.69, 9.17) is 5.73 Å². The molecular formula is C24H32N4O2.